The van der Waals surface area contributed by atoms with Gasteiger partial charge in [-0.25, -0.2) is 9.18 Å². The SMILES string of the molecule is CC[C@H]1OC(=O)[C@H](C)[C@@H](O[C@H]2C[C@@](C)(OC)[C@@H](O)[C@H](C)O2)[C@H](C)[C@@H](O[C@@H]2O[C@H](C)C[C@H](N(C)CCC(=O)NC[C@H]3CN(c4ccc(N5CCOCC5)c(F)c4)C(=O)O3)[C@H]2O)[C@](C)(O)C[C@@H](C)C(=O)[C@H](C)[C@@H](O)[C@]1(C)O. The maximum absolute atomic E-state index is 15.2. The molecule has 0 bridgehead atoms. The molecule has 0 aromatic heterocycles. The molecule has 6 rings (SSSR count). The zero-order valence-corrected chi connectivity index (χ0v) is 45.8. The molecule has 21 nitrogen and oxygen atoms in total. The highest BCUT2D eigenvalue weighted by Crippen LogP contribution is 2.41. The number of carbonyl (C=O) groups excluding carboxylic acids is 4. The van der Waals surface area contributed by atoms with Gasteiger partial charge in [-0.05, 0) is 86.1 Å². The van der Waals surface area contributed by atoms with E-state index in [2.05, 4.69) is 5.32 Å². The molecule has 5 aliphatic rings. The Morgan fingerprint density at radius 3 is 2.25 bits per heavy atom. The number of Topliss-reactive ketones (excluding diaryl/α,β-unsaturated/α-hetero) is 1. The van der Waals surface area contributed by atoms with Crippen LogP contribution in [0.5, 0.6) is 0 Å². The Morgan fingerprint density at radius 2 is 1.61 bits per heavy atom. The summed E-state index contributed by atoms with van der Waals surface area (Å²) in [5, 5.41) is 62.0. The van der Waals surface area contributed by atoms with Gasteiger partial charge in [0.15, 0.2) is 12.6 Å². The fourth-order valence-corrected chi connectivity index (χ4v) is 11.7. The standard InChI is InChI=1S/C53H85FN4O17/c1-13-39-53(10,67)45(62)30(4)42(60)28(2)24-51(8,66)47(31(5)44(32(6)48(64)73-39)74-41-25-52(9,68-12)46(63)33(7)71-41)75-49-43(61)38(22-29(3)70-49)56(11)17-16-40(59)55-26-35-27-58(50(65)72-35)34-14-15-37(36(54)23-34)57-18-20-69-21-19-57/h14-15,23,28-33,35,38-39,41,43-47,49,61-63,66-67H,13,16-22,24-27H2,1-12H3,(H,55,59)/t28-,29-,30+,31+,32-,33+,35+,38+,39-,41+,43-,44+,45-,46+,47-,49+,51-,52-,53-/m1/s1. The lowest BCUT2D eigenvalue weighted by atomic mass is 9.74. The summed E-state index contributed by atoms with van der Waals surface area (Å²) >= 11 is 0. The van der Waals surface area contributed by atoms with Crippen LogP contribution in [0.4, 0.5) is 20.6 Å². The van der Waals surface area contributed by atoms with Crippen LogP contribution in [0, 0.1) is 29.5 Å². The first-order chi connectivity index (χ1) is 35.1. The second-order valence-electron chi connectivity index (χ2n) is 22.4. The van der Waals surface area contributed by atoms with E-state index >= 15 is 4.39 Å². The summed E-state index contributed by atoms with van der Waals surface area (Å²) in [4.78, 5) is 59.6. The van der Waals surface area contributed by atoms with Crippen LogP contribution >= 0.6 is 0 Å². The lowest BCUT2D eigenvalue weighted by Crippen LogP contribution is -2.61. The number of aliphatic hydroxyl groups excluding tert-OH is 3. The predicted octanol–water partition coefficient (Wildman–Crippen LogP) is 2.66. The van der Waals surface area contributed by atoms with E-state index in [1.54, 1.807) is 72.5 Å². The molecule has 6 N–H and O–H groups in total. The number of anilines is 2. The number of nitrogens with one attached hydrogen (secondary N) is 1. The zero-order valence-electron chi connectivity index (χ0n) is 45.8. The quantitative estimate of drug-likeness (QED) is 0.146. The van der Waals surface area contributed by atoms with Crippen molar-refractivity contribution >= 4 is 35.1 Å². The fraction of sp³-hybridized carbons (Fsp3) is 0.811. The van der Waals surface area contributed by atoms with Crippen LogP contribution in [-0.2, 0) is 52.3 Å². The molecule has 22 heteroatoms. The molecule has 426 valence electrons. The van der Waals surface area contributed by atoms with Crippen molar-refractivity contribution in [2.75, 3.05) is 69.9 Å². The van der Waals surface area contributed by atoms with Gasteiger partial charge in [0.2, 0.25) is 5.91 Å². The van der Waals surface area contributed by atoms with Crippen LogP contribution in [0.25, 0.3) is 0 Å². The van der Waals surface area contributed by atoms with E-state index in [1.165, 1.54) is 38.8 Å². The van der Waals surface area contributed by atoms with Crippen molar-refractivity contribution in [3.8, 4) is 0 Å². The van der Waals surface area contributed by atoms with Gasteiger partial charge in [0.25, 0.3) is 0 Å². The van der Waals surface area contributed by atoms with Gasteiger partial charge in [-0.15, -0.1) is 0 Å². The number of esters is 1. The summed E-state index contributed by atoms with van der Waals surface area (Å²) in [6.07, 6.45) is -12.8. The van der Waals surface area contributed by atoms with E-state index < -0.39 is 138 Å². The van der Waals surface area contributed by atoms with Crippen molar-refractivity contribution in [2.45, 2.75) is 192 Å². The van der Waals surface area contributed by atoms with Crippen molar-refractivity contribution in [2.24, 2.45) is 23.7 Å². The molecule has 2 amide bonds. The van der Waals surface area contributed by atoms with Gasteiger partial charge in [-0.1, -0.05) is 27.7 Å². The topological polar surface area (TPSA) is 265 Å². The third-order valence-electron chi connectivity index (χ3n) is 16.4. The zero-order chi connectivity index (χ0) is 55.5. The minimum atomic E-state index is -2.06. The number of carbonyl (C=O) groups is 4. The monoisotopic (exact) mass is 1070 g/mol. The second-order valence-corrected chi connectivity index (χ2v) is 22.4. The lowest BCUT2D eigenvalue weighted by molar-refractivity contribution is -0.318. The van der Waals surface area contributed by atoms with Gasteiger partial charge in [0, 0.05) is 63.4 Å². The molecule has 5 saturated heterocycles. The molecule has 75 heavy (non-hydrogen) atoms. The number of aliphatic hydroxyl groups is 5. The Morgan fingerprint density at radius 1 is 0.933 bits per heavy atom. The smallest absolute Gasteiger partial charge is 0.414 e. The van der Waals surface area contributed by atoms with E-state index in [9.17, 15) is 44.7 Å². The largest absolute Gasteiger partial charge is 0.459 e. The highest BCUT2D eigenvalue weighted by molar-refractivity contribution is 5.90. The summed E-state index contributed by atoms with van der Waals surface area (Å²) in [6.45, 7) is 18.3. The molecule has 1 aromatic carbocycles. The number of cyclic esters (lactones) is 2. The molecular formula is C53H85FN4O17. The number of ether oxygens (including phenoxy) is 8. The fourth-order valence-electron chi connectivity index (χ4n) is 11.7. The van der Waals surface area contributed by atoms with Gasteiger partial charge in [0.1, 0.15) is 41.6 Å². The number of morpholine rings is 1. The van der Waals surface area contributed by atoms with Crippen molar-refractivity contribution in [3.63, 3.8) is 0 Å². The number of amides is 2. The summed E-state index contributed by atoms with van der Waals surface area (Å²) in [5.41, 5.74) is -4.37. The van der Waals surface area contributed by atoms with Gasteiger partial charge in [-0.2, -0.15) is 0 Å². The van der Waals surface area contributed by atoms with Crippen molar-refractivity contribution < 1.29 is 87.0 Å². The van der Waals surface area contributed by atoms with E-state index in [0.717, 1.165) is 0 Å². The number of halogens is 1. The maximum Gasteiger partial charge on any atom is 0.414 e. The number of hydrogen-bond acceptors (Lipinski definition) is 19. The summed E-state index contributed by atoms with van der Waals surface area (Å²) in [6, 6.07) is 3.95. The minimum absolute atomic E-state index is 0.00515. The van der Waals surface area contributed by atoms with Gasteiger partial charge >= 0.3 is 12.1 Å². The minimum Gasteiger partial charge on any atom is -0.459 e. The number of hydrogen-bond donors (Lipinski definition) is 6. The highest BCUT2D eigenvalue weighted by atomic mass is 19.1. The molecule has 0 unspecified atom stereocenters. The Balaban J connectivity index is 1.18. The number of nitrogens with zero attached hydrogens (tertiary/aromatic N) is 3. The number of likely N-dealkylation sites (N-methyl/N-ethyl adjacent to an activating group) is 1. The van der Waals surface area contributed by atoms with E-state index in [1.807, 2.05) is 4.90 Å². The third kappa shape index (κ3) is 13.8. The van der Waals surface area contributed by atoms with Crippen LogP contribution < -0.4 is 15.1 Å². The average molecular weight is 1070 g/mol. The molecule has 5 aliphatic heterocycles. The molecule has 19 atom stereocenters. The van der Waals surface area contributed by atoms with Crippen LogP contribution in [-0.4, -0.2) is 205 Å². The summed E-state index contributed by atoms with van der Waals surface area (Å²) in [7, 11) is 3.20. The average Bonchev–Trinajstić information content (AvgIpc) is 3.75. The molecule has 0 spiro atoms. The first-order valence-corrected chi connectivity index (χ1v) is 26.6. The summed E-state index contributed by atoms with van der Waals surface area (Å²) in [5.74, 6) is -6.33. The molecular weight excluding hydrogens is 984 g/mol. The van der Waals surface area contributed by atoms with Crippen molar-refractivity contribution in [3.05, 3.63) is 24.0 Å². The highest BCUT2D eigenvalue weighted by Gasteiger charge is 2.54. The second kappa shape index (κ2) is 25.0. The number of methoxy groups -OCH3 is 1. The molecule has 5 heterocycles. The van der Waals surface area contributed by atoms with Crippen LogP contribution in [0.3, 0.4) is 0 Å². The van der Waals surface area contributed by atoms with Gasteiger partial charge in [0.05, 0.1) is 85.3 Å². The van der Waals surface area contributed by atoms with E-state index in [4.69, 9.17) is 37.9 Å². The van der Waals surface area contributed by atoms with Gasteiger partial charge in [-0.3, -0.25) is 19.3 Å². The summed E-state index contributed by atoms with van der Waals surface area (Å²) < 4.78 is 63.7. The maximum atomic E-state index is 15.2. The first-order valence-electron chi connectivity index (χ1n) is 26.6. The van der Waals surface area contributed by atoms with Gasteiger partial charge < -0.3 is 78.5 Å². The number of benzene rings is 1. The lowest BCUT2D eigenvalue weighted by Gasteiger charge is -2.49. The Kier molecular flexibility index (Phi) is 20.2. The van der Waals surface area contributed by atoms with Crippen molar-refractivity contribution in [1.29, 1.82) is 0 Å². The molecule has 5 fully saturated rings. The molecule has 1 aromatic rings. The van der Waals surface area contributed by atoms with Crippen LogP contribution in [0.1, 0.15) is 101 Å². The molecule has 0 saturated carbocycles. The Labute approximate surface area is 440 Å². The number of ketones is 1. The Hall–Kier alpha value is -3.65. The van der Waals surface area contributed by atoms with Crippen LogP contribution in [0.15, 0.2) is 18.2 Å². The first kappa shape index (κ1) is 60.6. The number of rotatable bonds is 14. The Bertz CT molecular complexity index is 2120. The van der Waals surface area contributed by atoms with E-state index in [0.29, 0.717) is 44.1 Å². The third-order valence-corrected chi connectivity index (χ3v) is 16.4. The normalized spacial score (nSPS) is 40.8. The molecule has 0 radical (unpaired) electrons. The van der Waals surface area contributed by atoms with Crippen molar-refractivity contribution in [1.82, 2.24) is 10.2 Å². The molecule has 0 aliphatic carbocycles. The van der Waals surface area contributed by atoms with E-state index in [-0.39, 0.29) is 51.2 Å². The van der Waals surface area contributed by atoms with Crippen LogP contribution in [0.2, 0.25) is 0 Å². The predicted molar refractivity (Wildman–Crippen MR) is 270 cm³/mol.